The topological polar surface area (TPSA) is 83.9 Å². The minimum Gasteiger partial charge on any atom is -0.340 e. The number of hydrogen-bond acceptors (Lipinski definition) is 5. The van der Waals surface area contributed by atoms with Crippen molar-refractivity contribution in [2.24, 2.45) is 0 Å². The second-order valence-corrected chi connectivity index (χ2v) is 8.43. The van der Waals surface area contributed by atoms with Gasteiger partial charge in [0.15, 0.2) is 0 Å². The van der Waals surface area contributed by atoms with Gasteiger partial charge in [-0.25, -0.2) is 9.97 Å². The van der Waals surface area contributed by atoms with Crippen LogP contribution in [0, 0.1) is 13.8 Å². The van der Waals surface area contributed by atoms with E-state index in [2.05, 4.69) is 45.0 Å². The van der Waals surface area contributed by atoms with Crippen LogP contribution < -0.4 is 16.0 Å². The van der Waals surface area contributed by atoms with Gasteiger partial charge in [-0.1, -0.05) is 35.9 Å². The Morgan fingerprint density at radius 1 is 0.771 bits per heavy atom. The van der Waals surface area contributed by atoms with Crippen molar-refractivity contribution in [3.63, 3.8) is 0 Å². The van der Waals surface area contributed by atoms with E-state index in [1.165, 1.54) is 5.56 Å². The molecule has 0 unspecified atom stereocenters. The van der Waals surface area contributed by atoms with E-state index in [1.54, 1.807) is 0 Å². The standard InChI is InChI=1S/C28H26N6O/c1-19-7-9-22(10-8-19)31-26-17-27(30-20(2)29-26)32-23-11-13-24(14-12-23)33-28(35)18-34-16-15-21-5-3-4-6-25(21)34/h3-17H,18H2,1-2H3,(H,33,35)(H2,29,30,31,32). The van der Waals surface area contributed by atoms with Gasteiger partial charge in [-0.3, -0.25) is 4.79 Å². The number of hydrogen-bond donors (Lipinski definition) is 3. The number of aryl methyl sites for hydroxylation is 2. The van der Waals surface area contributed by atoms with Crippen LogP contribution in [0.25, 0.3) is 10.9 Å². The van der Waals surface area contributed by atoms with Crippen LogP contribution >= 0.6 is 0 Å². The summed E-state index contributed by atoms with van der Waals surface area (Å²) in [5, 5.41) is 10.7. The first-order valence-electron chi connectivity index (χ1n) is 11.4. The maximum atomic E-state index is 12.6. The first kappa shape index (κ1) is 22.2. The van der Waals surface area contributed by atoms with Gasteiger partial charge in [0.05, 0.1) is 0 Å². The molecule has 0 bridgehead atoms. The van der Waals surface area contributed by atoms with Crippen molar-refractivity contribution in [2.75, 3.05) is 16.0 Å². The number of benzene rings is 3. The molecule has 0 aliphatic carbocycles. The Morgan fingerprint density at radius 3 is 2.06 bits per heavy atom. The summed E-state index contributed by atoms with van der Waals surface area (Å²) in [5.74, 6) is 1.98. The smallest absolute Gasteiger partial charge is 0.244 e. The lowest BCUT2D eigenvalue weighted by atomic mass is 10.2. The second-order valence-electron chi connectivity index (χ2n) is 8.43. The van der Waals surface area contributed by atoms with Crippen LogP contribution in [0.4, 0.5) is 28.7 Å². The maximum Gasteiger partial charge on any atom is 0.244 e. The molecule has 2 heterocycles. The first-order valence-corrected chi connectivity index (χ1v) is 11.4. The van der Waals surface area contributed by atoms with Crippen LogP contribution in [0.2, 0.25) is 0 Å². The molecule has 174 valence electrons. The largest absolute Gasteiger partial charge is 0.340 e. The molecule has 0 radical (unpaired) electrons. The Labute approximate surface area is 203 Å². The number of amides is 1. The van der Waals surface area contributed by atoms with Gasteiger partial charge in [0.25, 0.3) is 0 Å². The second kappa shape index (κ2) is 9.69. The molecule has 5 aromatic rings. The Hall–Kier alpha value is -4.65. The monoisotopic (exact) mass is 462 g/mol. The summed E-state index contributed by atoms with van der Waals surface area (Å²) in [6, 6.07) is 27.6. The summed E-state index contributed by atoms with van der Waals surface area (Å²) in [4.78, 5) is 21.5. The molecular weight excluding hydrogens is 436 g/mol. The van der Waals surface area contributed by atoms with E-state index in [4.69, 9.17) is 0 Å². The SMILES string of the molecule is Cc1ccc(Nc2cc(Nc3ccc(NC(=O)Cn4ccc5ccccc54)cc3)nc(C)n2)cc1. The van der Waals surface area contributed by atoms with Crippen molar-refractivity contribution in [2.45, 2.75) is 20.4 Å². The summed E-state index contributed by atoms with van der Waals surface area (Å²) < 4.78 is 1.94. The lowest BCUT2D eigenvalue weighted by molar-refractivity contribution is -0.116. The minimum atomic E-state index is -0.0784. The number of rotatable bonds is 7. The van der Waals surface area contributed by atoms with E-state index in [9.17, 15) is 4.79 Å². The van der Waals surface area contributed by atoms with E-state index in [1.807, 2.05) is 90.5 Å². The Balaban J connectivity index is 1.22. The molecule has 5 rings (SSSR count). The predicted octanol–water partition coefficient (Wildman–Crippen LogP) is 6.17. The average molecular weight is 463 g/mol. The third-order valence-electron chi connectivity index (χ3n) is 5.60. The summed E-state index contributed by atoms with van der Waals surface area (Å²) in [6.07, 6.45) is 1.93. The molecule has 0 saturated carbocycles. The van der Waals surface area contributed by atoms with Gasteiger partial charge in [0, 0.05) is 34.8 Å². The summed E-state index contributed by atoms with van der Waals surface area (Å²) in [7, 11) is 0. The van der Waals surface area contributed by atoms with Crippen LogP contribution in [0.5, 0.6) is 0 Å². The summed E-state index contributed by atoms with van der Waals surface area (Å²) >= 11 is 0. The lowest BCUT2D eigenvalue weighted by Gasteiger charge is -2.11. The minimum absolute atomic E-state index is 0.0784. The molecule has 0 aliphatic rings. The van der Waals surface area contributed by atoms with E-state index >= 15 is 0 Å². The van der Waals surface area contributed by atoms with Crippen molar-refractivity contribution in [3.05, 3.63) is 103 Å². The van der Waals surface area contributed by atoms with Gasteiger partial charge < -0.3 is 20.5 Å². The number of carbonyl (C=O) groups is 1. The van der Waals surface area contributed by atoms with Gasteiger partial charge in [-0.05, 0) is 67.8 Å². The van der Waals surface area contributed by atoms with Crippen LogP contribution in [-0.2, 0) is 11.3 Å². The molecule has 0 atom stereocenters. The number of anilines is 5. The van der Waals surface area contributed by atoms with Crippen LogP contribution in [-0.4, -0.2) is 20.4 Å². The van der Waals surface area contributed by atoms with Crippen LogP contribution in [0.15, 0.2) is 91.1 Å². The third-order valence-corrected chi connectivity index (χ3v) is 5.60. The number of carbonyl (C=O) groups excluding carboxylic acids is 1. The van der Waals surface area contributed by atoms with Crippen molar-refractivity contribution in [1.82, 2.24) is 14.5 Å². The van der Waals surface area contributed by atoms with Gasteiger partial charge in [-0.2, -0.15) is 0 Å². The van der Waals surface area contributed by atoms with Gasteiger partial charge in [-0.15, -0.1) is 0 Å². The molecule has 2 aromatic heterocycles. The lowest BCUT2D eigenvalue weighted by Crippen LogP contribution is -2.18. The normalized spacial score (nSPS) is 10.8. The maximum absolute atomic E-state index is 12.6. The molecular formula is C28H26N6O. The Morgan fingerprint density at radius 2 is 1.37 bits per heavy atom. The number of nitrogens with zero attached hydrogens (tertiary/aromatic N) is 3. The highest BCUT2D eigenvalue weighted by Crippen LogP contribution is 2.22. The van der Waals surface area contributed by atoms with Crippen LogP contribution in [0.3, 0.4) is 0 Å². The quantitative estimate of drug-likeness (QED) is 0.269. The fourth-order valence-electron chi connectivity index (χ4n) is 3.90. The van der Waals surface area contributed by atoms with E-state index < -0.39 is 0 Å². The molecule has 0 spiro atoms. The van der Waals surface area contributed by atoms with E-state index in [0.717, 1.165) is 28.0 Å². The zero-order chi connectivity index (χ0) is 24.2. The van der Waals surface area contributed by atoms with Gasteiger partial charge >= 0.3 is 0 Å². The number of aromatic nitrogens is 3. The highest BCUT2D eigenvalue weighted by molar-refractivity contribution is 5.92. The number of fused-ring (bicyclic) bond motifs is 1. The molecule has 3 N–H and O–H groups in total. The highest BCUT2D eigenvalue weighted by Gasteiger charge is 2.08. The van der Waals surface area contributed by atoms with E-state index in [0.29, 0.717) is 17.5 Å². The molecule has 7 heteroatoms. The molecule has 3 aromatic carbocycles. The Kier molecular flexibility index (Phi) is 6.13. The van der Waals surface area contributed by atoms with Crippen molar-refractivity contribution >= 4 is 45.5 Å². The number of para-hydroxylation sites is 1. The third kappa shape index (κ3) is 5.47. The average Bonchev–Trinajstić information content (AvgIpc) is 3.24. The Bertz CT molecular complexity index is 1470. The fourth-order valence-corrected chi connectivity index (χ4v) is 3.90. The van der Waals surface area contributed by atoms with Crippen LogP contribution in [0.1, 0.15) is 11.4 Å². The fraction of sp³-hybridized carbons (Fsp3) is 0.107. The number of nitrogens with one attached hydrogen (secondary N) is 3. The molecule has 0 saturated heterocycles. The summed E-state index contributed by atoms with van der Waals surface area (Å²) in [5.41, 5.74) is 4.80. The molecule has 0 fully saturated rings. The highest BCUT2D eigenvalue weighted by atomic mass is 16.1. The molecule has 7 nitrogen and oxygen atoms in total. The van der Waals surface area contributed by atoms with E-state index in [-0.39, 0.29) is 12.5 Å². The van der Waals surface area contributed by atoms with Gasteiger partial charge in [0.2, 0.25) is 5.91 Å². The van der Waals surface area contributed by atoms with Crippen molar-refractivity contribution in [1.29, 1.82) is 0 Å². The zero-order valence-corrected chi connectivity index (χ0v) is 19.6. The molecule has 35 heavy (non-hydrogen) atoms. The molecule has 1 amide bonds. The van der Waals surface area contributed by atoms with Crippen molar-refractivity contribution < 1.29 is 4.79 Å². The zero-order valence-electron chi connectivity index (χ0n) is 19.6. The first-order chi connectivity index (χ1) is 17.0. The summed E-state index contributed by atoms with van der Waals surface area (Å²) in [6.45, 7) is 4.17. The molecule has 0 aliphatic heterocycles. The predicted molar refractivity (Wildman–Crippen MR) is 142 cm³/mol. The van der Waals surface area contributed by atoms with Gasteiger partial charge in [0.1, 0.15) is 24.0 Å². The van der Waals surface area contributed by atoms with Crippen molar-refractivity contribution in [3.8, 4) is 0 Å².